The Balaban J connectivity index is 0. The molecule has 0 bridgehead atoms. The van der Waals surface area contributed by atoms with Crippen LogP contribution in [0.1, 0.15) is 26.7 Å². The van der Waals surface area contributed by atoms with Crippen molar-refractivity contribution in [2.24, 2.45) is 0 Å². The molecule has 0 aliphatic heterocycles. The topological polar surface area (TPSA) is 12.0 Å². The molecule has 2 heteroatoms. The van der Waals surface area contributed by atoms with E-state index in [1.807, 2.05) is 0 Å². The number of hydrogen-bond donors (Lipinski definition) is 1. The summed E-state index contributed by atoms with van der Waals surface area (Å²) in [7, 11) is 0. The summed E-state index contributed by atoms with van der Waals surface area (Å²) in [5, 5.41) is 3.25. The van der Waals surface area contributed by atoms with Crippen LogP contribution in [-0.4, -0.2) is 13.1 Å². The molecule has 0 aliphatic rings. The van der Waals surface area contributed by atoms with Crippen molar-refractivity contribution in [3.8, 4) is 0 Å². The fourth-order valence-corrected chi connectivity index (χ4v) is 0.479. The van der Waals surface area contributed by atoms with E-state index in [1.54, 1.807) is 0 Å². The molecule has 0 saturated heterocycles. The highest BCUT2D eigenvalue weighted by Crippen LogP contribution is 1.80. The van der Waals surface area contributed by atoms with Crippen molar-refractivity contribution in [3.05, 3.63) is 0 Å². The molecule has 0 saturated carbocycles. The van der Waals surface area contributed by atoms with Gasteiger partial charge >= 0.3 is 0 Å². The number of halogens is 1. The highest BCUT2D eigenvalue weighted by Gasteiger charge is 1.77. The lowest BCUT2D eigenvalue weighted by Gasteiger charge is -1.95. The number of hydrogen-bond acceptors (Lipinski definition) is 1. The molecule has 0 spiro atoms. The first-order valence-corrected chi connectivity index (χ1v) is 3.12. The van der Waals surface area contributed by atoms with Crippen LogP contribution in [-0.2, 0) is 0 Å². The van der Waals surface area contributed by atoms with Gasteiger partial charge in [0.25, 0.3) is 0 Å². The van der Waals surface area contributed by atoms with Gasteiger partial charge in [0.2, 0.25) is 0 Å². The zero-order valence-electron chi connectivity index (χ0n) is 5.74. The first-order valence-electron chi connectivity index (χ1n) is 3.12. The van der Waals surface area contributed by atoms with Gasteiger partial charge in [-0.15, -0.1) is 12.4 Å². The summed E-state index contributed by atoms with van der Waals surface area (Å²) in [5.41, 5.74) is 0. The minimum Gasteiger partial charge on any atom is -0.317 e. The smallest absolute Gasteiger partial charge is 0.00491 e. The third-order valence-electron chi connectivity index (χ3n) is 0.957. The van der Waals surface area contributed by atoms with E-state index in [4.69, 9.17) is 0 Å². The number of rotatable bonds is 4. The van der Waals surface area contributed by atoms with Crippen molar-refractivity contribution >= 4 is 12.4 Å². The molecule has 0 aromatic carbocycles. The van der Waals surface area contributed by atoms with Gasteiger partial charge in [-0.2, -0.15) is 0 Å². The van der Waals surface area contributed by atoms with E-state index in [9.17, 15) is 0 Å². The molecule has 0 rings (SSSR count). The molecule has 0 aliphatic carbocycles. The molecule has 52 valence electrons. The third kappa shape index (κ3) is 9.54. The van der Waals surface area contributed by atoms with E-state index >= 15 is 0 Å². The monoisotopic (exact) mass is 137 g/mol. The minimum absolute atomic E-state index is 0. The lowest BCUT2D eigenvalue weighted by molar-refractivity contribution is 0.663. The molecule has 0 fully saturated rings. The Morgan fingerprint density at radius 2 is 1.88 bits per heavy atom. The fraction of sp³-hybridized carbons (Fsp3) is 1.00. The van der Waals surface area contributed by atoms with Gasteiger partial charge in [-0.05, 0) is 19.5 Å². The molecule has 0 aromatic rings. The second kappa shape index (κ2) is 10.3. The summed E-state index contributed by atoms with van der Waals surface area (Å²) in [4.78, 5) is 0. The van der Waals surface area contributed by atoms with Crippen LogP contribution in [0.25, 0.3) is 0 Å². The Hall–Kier alpha value is 0.250. The Morgan fingerprint density at radius 1 is 1.25 bits per heavy atom. The van der Waals surface area contributed by atoms with Gasteiger partial charge < -0.3 is 5.32 Å². The predicted octanol–water partition coefficient (Wildman–Crippen LogP) is 1.82. The summed E-state index contributed by atoms with van der Waals surface area (Å²) in [6.45, 7) is 6.64. The predicted molar refractivity (Wildman–Crippen MR) is 40.7 cm³/mol. The summed E-state index contributed by atoms with van der Waals surface area (Å²) in [5.74, 6) is 0. The van der Waals surface area contributed by atoms with E-state index in [1.165, 1.54) is 19.4 Å². The molecule has 0 radical (unpaired) electrons. The van der Waals surface area contributed by atoms with Gasteiger partial charge in [-0.3, -0.25) is 0 Å². The van der Waals surface area contributed by atoms with Gasteiger partial charge in [0.15, 0.2) is 0 Å². The van der Waals surface area contributed by atoms with Crippen LogP contribution in [0, 0.1) is 0 Å². The summed E-state index contributed by atoms with van der Waals surface area (Å²) >= 11 is 0. The second-order valence-corrected chi connectivity index (χ2v) is 1.71. The van der Waals surface area contributed by atoms with Crippen LogP contribution in [0.15, 0.2) is 0 Å². The molecular formula is C6H16ClN. The van der Waals surface area contributed by atoms with E-state index in [-0.39, 0.29) is 12.4 Å². The molecule has 8 heavy (non-hydrogen) atoms. The Kier molecular flexibility index (Phi) is 14.3. The quantitative estimate of drug-likeness (QED) is 0.583. The summed E-state index contributed by atoms with van der Waals surface area (Å²) in [6, 6.07) is 0. The van der Waals surface area contributed by atoms with Crippen LogP contribution in [0.2, 0.25) is 0 Å². The van der Waals surface area contributed by atoms with Crippen molar-refractivity contribution in [1.29, 1.82) is 0 Å². The van der Waals surface area contributed by atoms with E-state index in [0.29, 0.717) is 0 Å². The zero-order chi connectivity index (χ0) is 5.54. The van der Waals surface area contributed by atoms with Crippen LogP contribution < -0.4 is 5.32 Å². The van der Waals surface area contributed by atoms with Crippen molar-refractivity contribution in [2.45, 2.75) is 26.7 Å². The molecule has 1 N–H and O–H groups in total. The lowest BCUT2D eigenvalue weighted by Crippen LogP contribution is -2.13. The largest absolute Gasteiger partial charge is 0.317 e. The zero-order valence-corrected chi connectivity index (χ0v) is 6.55. The van der Waals surface area contributed by atoms with Gasteiger partial charge in [0.05, 0.1) is 0 Å². The Labute approximate surface area is 58.3 Å². The van der Waals surface area contributed by atoms with Crippen LogP contribution in [0.3, 0.4) is 0 Å². The number of unbranched alkanes of at least 4 members (excludes halogenated alkanes) is 1. The van der Waals surface area contributed by atoms with E-state index < -0.39 is 0 Å². The molecule has 0 aromatic heterocycles. The van der Waals surface area contributed by atoms with Crippen molar-refractivity contribution in [2.75, 3.05) is 13.1 Å². The van der Waals surface area contributed by atoms with Crippen molar-refractivity contribution in [3.63, 3.8) is 0 Å². The molecule has 0 amide bonds. The van der Waals surface area contributed by atoms with Crippen molar-refractivity contribution in [1.82, 2.24) is 5.32 Å². The average molecular weight is 138 g/mol. The molecule has 0 atom stereocenters. The highest BCUT2D eigenvalue weighted by atomic mass is 35.5. The maximum atomic E-state index is 3.25. The minimum atomic E-state index is 0. The normalized spacial score (nSPS) is 8.25. The SMILES string of the molecule is CCCCNCC.Cl. The van der Waals surface area contributed by atoms with Gasteiger partial charge in [-0.25, -0.2) is 0 Å². The Bertz CT molecular complexity index is 27.7. The maximum Gasteiger partial charge on any atom is -0.00491 e. The number of nitrogens with one attached hydrogen (secondary N) is 1. The highest BCUT2D eigenvalue weighted by molar-refractivity contribution is 5.85. The second-order valence-electron chi connectivity index (χ2n) is 1.71. The first-order chi connectivity index (χ1) is 3.41. The summed E-state index contributed by atoms with van der Waals surface area (Å²) < 4.78 is 0. The fourth-order valence-electron chi connectivity index (χ4n) is 0.479. The van der Waals surface area contributed by atoms with Crippen LogP contribution in [0.5, 0.6) is 0 Å². The Morgan fingerprint density at radius 3 is 2.25 bits per heavy atom. The van der Waals surface area contributed by atoms with E-state index in [2.05, 4.69) is 19.2 Å². The molecular weight excluding hydrogens is 122 g/mol. The van der Waals surface area contributed by atoms with Crippen LogP contribution >= 0.6 is 12.4 Å². The van der Waals surface area contributed by atoms with Gasteiger partial charge in [0, 0.05) is 0 Å². The molecule has 1 nitrogen and oxygen atoms in total. The maximum absolute atomic E-state index is 3.25. The molecule has 0 heterocycles. The lowest BCUT2D eigenvalue weighted by atomic mass is 10.3. The molecule has 0 unspecified atom stereocenters. The van der Waals surface area contributed by atoms with Crippen molar-refractivity contribution < 1.29 is 0 Å². The first kappa shape index (κ1) is 11.1. The van der Waals surface area contributed by atoms with Gasteiger partial charge in [0.1, 0.15) is 0 Å². The average Bonchev–Trinajstić information content (AvgIpc) is 1.69. The van der Waals surface area contributed by atoms with Crippen LogP contribution in [0.4, 0.5) is 0 Å². The van der Waals surface area contributed by atoms with Gasteiger partial charge in [-0.1, -0.05) is 20.3 Å². The van der Waals surface area contributed by atoms with E-state index in [0.717, 1.165) is 6.54 Å². The summed E-state index contributed by atoms with van der Waals surface area (Å²) in [6.07, 6.45) is 2.61. The third-order valence-corrected chi connectivity index (χ3v) is 0.957. The standard InChI is InChI=1S/C6H15N.ClH/c1-3-5-6-7-4-2;/h7H,3-6H2,1-2H3;1H.